The smallest absolute Gasteiger partial charge is 0.313 e. The number of hydrogen-bond donors (Lipinski definition) is 0. The van der Waals surface area contributed by atoms with Crippen LogP contribution in [0.15, 0.2) is 0 Å². The summed E-state index contributed by atoms with van der Waals surface area (Å²) in [5, 5.41) is 0. The van der Waals surface area contributed by atoms with Crippen LogP contribution in [0.1, 0.15) is 39.0 Å². The van der Waals surface area contributed by atoms with Crippen LogP contribution in [0.25, 0.3) is 0 Å². The van der Waals surface area contributed by atoms with E-state index in [2.05, 4.69) is 0 Å². The van der Waals surface area contributed by atoms with Crippen LogP contribution in [0.4, 0.5) is 0 Å². The molecule has 2 aliphatic rings. The summed E-state index contributed by atoms with van der Waals surface area (Å²) in [5.74, 6) is -1.34. The van der Waals surface area contributed by atoms with Gasteiger partial charge in [0.1, 0.15) is 11.5 Å². The molecule has 2 rings (SSSR count). The fraction of sp³-hybridized carbons (Fsp3) is 0.833. The Bertz CT molecular complexity index is 304. The van der Waals surface area contributed by atoms with Gasteiger partial charge in [-0.1, -0.05) is 13.3 Å². The number of methoxy groups -OCH3 is 1. The van der Waals surface area contributed by atoms with Gasteiger partial charge in [0, 0.05) is 0 Å². The minimum atomic E-state index is -0.568. The molecule has 2 atom stereocenters. The normalized spacial score (nSPS) is 32.5. The minimum Gasteiger partial charge on any atom is -0.469 e. The Morgan fingerprint density at radius 3 is 2.56 bits per heavy atom. The summed E-state index contributed by atoms with van der Waals surface area (Å²) in [5.41, 5.74) is -0.568. The molecule has 0 aromatic rings. The highest BCUT2D eigenvalue weighted by molar-refractivity contribution is 5.86. The SMILES string of the molecule is COC(=O)C1C(C)C(=O)OC12CCCCC2. The monoisotopic (exact) mass is 226 g/mol. The van der Waals surface area contributed by atoms with Crippen LogP contribution in [0.3, 0.4) is 0 Å². The summed E-state index contributed by atoms with van der Waals surface area (Å²) < 4.78 is 10.3. The van der Waals surface area contributed by atoms with E-state index in [1.807, 2.05) is 0 Å². The zero-order valence-electron chi connectivity index (χ0n) is 9.82. The van der Waals surface area contributed by atoms with Gasteiger partial charge in [0.05, 0.1) is 13.0 Å². The van der Waals surface area contributed by atoms with Gasteiger partial charge in [-0.2, -0.15) is 0 Å². The van der Waals surface area contributed by atoms with Crippen LogP contribution in [-0.4, -0.2) is 24.6 Å². The first-order chi connectivity index (χ1) is 7.60. The Hall–Kier alpha value is -1.06. The lowest BCUT2D eigenvalue weighted by Gasteiger charge is -2.35. The molecule has 0 radical (unpaired) electrons. The van der Waals surface area contributed by atoms with Gasteiger partial charge in [0.25, 0.3) is 0 Å². The highest BCUT2D eigenvalue weighted by atomic mass is 16.6. The minimum absolute atomic E-state index is 0.252. The van der Waals surface area contributed by atoms with Gasteiger partial charge in [0.15, 0.2) is 0 Å². The molecular weight excluding hydrogens is 208 g/mol. The highest BCUT2D eigenvalue weighted by Crippen LogP contribution is 2.47. The van der Waals surface area contributed by atoms with Gasteiger partial charge in [-0.25, -0.2) is 0 Å². The molecule has 90 valence electrons. The maximum absolute atomic E-state index is 11.8. The highest BCUT2D eigenvalue weighted by Gasteiger charge is 2.57. The molecule has 2 unspecified atom stereocenters. The topological polar surface area (TPSA) is 52.6 Å². The molecule has 1 spiro atoms. The van der Waals surface area contributed by atoms with Crippen molar-refractivity contribution < 1.29 is 19.1 Å². The number of ether oxygens (including phenoxy) is 2. The first-order valence-electron chi connectivity index (χ1n) is 5.91. The molecule has 0 N–H and O–H groups in total. The van der Waals surface area contributed by atoms with Crippen LogP contribution in [0, 0.1) is 11.8 Å². The maximum Gasteiger partial charge on any atom is 0.313 e. The van der Waals surface area contributed by atoms with E-state index in [1.54, 1.807) is 6.92 Å². The predicted octanol–water partition coefficient (Wildman–Crippen LogP) is 1.67. The van der Waals surface area contributed by atoms with E-state index in [9.17, 15) is 9.59 Å². The van der Waals surface area contributed by atoms with Crippen molar-refractivity contribution in [2.75, 3.05) is 7.11 Å². The maximum atomic E-state index is 11.8. The Labute approximate surface area is 95.3 Å². The molecule has 1 saturated carbocycles. The number of esters is 2. The third-order valence-corrected chi connectivity index (χ3v) is 3.90. The van der Waals surface area contributed by atoms with Gasteiger partial charge in [-0.3, -0.25) is 9.59 Å². The van der Waals surface area contributed by atoms with Gasteiger partial charge < -0.3 is 9.47 Å². The lowest BCUT2D eigenvalue weighted by Crippen LogP contribution is -2.43. The average Bonchev–Trinajstić information content (AvgIpc) is 2.51. The van der Waals surface area contributed by atoms with Crippen molar-refractivity contribution in [3.63, 3.8) is 0 Å². The standard InChI is InChI=1S/C12H18O4/c1-8-9(11(14)15-2)12(16-10(8)13)6-4-3-5-7-12/h8-9H,3-7H2,1-2H3. The van der Waals surface area contributed by atoms with E-state index >= 15 is 0 Å². The molecule has 0 aromatic carbocycles. The molecule has 1 aliphatic heterocycles. The van der Waals surface area contributed by atoms with Crippen LogP contribution in [0.2, 0.25) is 0 Å². The molecule has 16 heavy (non-hydrogen) atoms. The Morgan fingerprint density at radius 1 is 1.38 bits per heavy atom. The first kappa shape index (κ1) is 11.4. The number of carbonyl (C=O) groups is 2. The molecular formula is C12H18O4. The molecule has 0 aromatic heterocycles. The third-order valence-electron chi connectivity index (χ3n) is 3.90. The van der Waals surface area contributed by atoms with E-state index in [0.29, 0.717) is 0 Å². The van der Waals surface area contributed by atoms with Crippen molar-refractivity contribution in [2.24, 2.45) is 11.8 Å². The molecule has 4 heteroatoms. The van der Waals surface area contributed by atoms with Crippen molar-refractivity contribution in [1.29, 1.82) is 0 Å². The van der Waals surface area contributed by atoms with Crippen LogP contribution in [0.5, 0.6) is 0 Å². The Balaban J connectivity index is 2.28. The lowest BCUT2D eigenvalue weighted by molar-refractivity contribution is -0.159. The molecule has 1 heterocycles. The molecule has 0 bridgehead atoms. The van der Waals surface area contributed by atoms with Crippen molar-refractivity contribution in [2.45, 2.75) is 44.6 Å². The lowest BCUT2D eigenvalue weighted by atomic mass is 9.73. The van der Waals surface area contributed by atoms with Crippen molar-refractivity contribution in [1.82, 2.24) is 0 Å². The summed E-state index contributed by atoms with van der Waals surface area (Å²) >= 11 is 0. The van der Waals surface area contributed by atoms with Gasteiger partial charge >= 0.3 is 11.9 Å². The van der Waals surface area contributed by atoms with Crippen LogP contribution < -0.4 is 0 Å². The van der Waals surface area contributed by atoms with E-state index < -0.39 is 11.5 Å². The Kier molecular flexibility index (Phi) is 2.91. The van der Waals surface area contributed by atoms with E-state index in [4.69, 9.17) is 9.47 Å². The average molecular weight is 226 g/mol. The molecule has 0 amide bonds. The zero-order valence-corrected chi connectivity index (χ0v) is 9.82. The number of carbonyl (C=O) groups excluding carboxylic acids is 2. The summed E-state index contributed by atoms with van der Waals surface area (Å²) in [6.45, 7) is 1.76. The van der Waals surface area contributed by atoms with E-state index in [-0.39, 0.29) is 17.9 Å². The fourth-order valence-corrected chi connectivity index (χ4v) is 3.06. The largest absolute Gasteiger partial charge is 0.469 e. The number of rotatable bonds is 1. The van der Waals surface area contributed by atoms with Crippen molar-refractivity contribution in [3.8, 4) is 0 Å². The molecule has 1 saturated heterocycles. The van der Waals surface area contributed by atoms with Gasteiger partial charge in [-0.15, -0.1) is 0 Å². The molecule has 1 aliphatic carbocycles. The second-order valence-electron chi connectivity index (χ2n) is 4.84. The van der Waals surface area contributed by atoms with Crippen LogP contribution >= 0.6 is 0 Å². The Morgan fingerprint density at radius 2 is 2.00 bits per heavy atom. The van der Waals surface area contributed by atoms with Crippen LogP contribution in [-0.2, 0) is 19.1 Å². The van der Waals surface area contributed by atoms with Gasteiger partial charge in [0.2, 0.25) is 0 Å². The summed E-state index contributed by atoms with van der Waals surface area (Å²) in [4.78, 5) is 23.4. The second kappa shape index (κ2) is 4.07. The predicted molar refractivity (Wildman–Crippen MR) is 56.6 cm³/mol. The second-order valence-corrected chi connectivity index (χ2v) is 4.84. The summed E-state index contributed by atoms with van der Waals surface area (Å²) in [6.07, 6.45) is 4.79. The van der Waals surface area contributed by atoms with E-state index in [0.717, 1.165) is 32.1 Å². The van der Waals surface area contributed by atoms with Gasteiger partial charge in [-0.05, 0) is 25.7 Å². The fourth-order valence-electron chi connectivity index (χ4n) is 3.06. The summed E-state index contributed by atoms with van der Waals surface area (Å²) in [7, 11) is 1.37. The van der Waals surface area contributed by atoms with E-state index in [1.165, 1.54) is 7.11 Å². The first-order valence-corrected chi connectivity index (χ1v) is 5.91. The number of hydrogen-bond acceptors (Lipinski definition) is 4. The summed E-state index contributed by atoms with van der Waals surface area (Å²) in [6, 6.07) is 0. The quantitative estimate of drug-likeness (QED) is 0.638. The van der Waals surface area contributed by atoms with Crippen molar-refractivity contribution >= 4 is 11.9 Å². The molecule has 4 nitrogen and oxygen atoms in total. The van der Waals surface area contributed by atoms with Crippen molar-refractivity contribution in [3.05, 3.63) is 0 Å². The third kappa shape index (κ3) is 1.60. The molecule has 2 fully saturated rings. The zero-order chi connectivity index (χ0) is 11.8.